The lowest BCUT2D eigenvalue weighted by atomic mass is 10.1. The lowest BCUT2D eigenvalue weighted by Gasteiger charge is -2.14. The second kappa shape index (κ2) is 13.2. The van der Waals surface area contributed by atoms with Crippen molar-refractivity contribution in [1.82, 2.24) is 9.55 Å². The Morgan fingerprint density at radius 3 is 2.44 bits per heavy atom. The van der Waals surface area contributed by atoms with Crippen LogP contribution in [-0.2, 0) is 18.7 Å². The number of anilines is 1. The number of hydrogen-bond acceptors (Lipinski definition) is 8. The minimum Gasteiger partial charge on any atom is -0.493 e. The number of benzene rings is 4. The molecule has 0 atom stereocenters. The third-order valence-electron chi connectivity index (χ3n) is 6.78. The summed E-state index contributed by atoms with van der Waals surface area (Å²) in [7, 11) is 3.05. The molecule has 5 rings (SSSR count). The number of hydrogen-bond donors (Lipinski definition) is 1. The minimum absolute atomic E-state index is 0.00354. The second-order valence-electron chi connectivity index (χ2n) is 9.56. The number of thioether (sulfide) groups is 1. The molecular weight excluding hydrogens is 568 g/mol. The molecule has 0 aliphatic carbocycles. The molecule has 0 unspecified atom stereocenters. The fraction of sp³-hybridized carbons (Fsp3) is 0.156. The topological polar surface area (TPSA) is 126 Å². The van der Waals surface area contributed by atoms with E-state index in [0.29, 0.717) is 57.5 Å². The van der Waals surface area contributed by atoms with Gasteiger partial charge in [-0.25, -0.2) is 4.98 Å². The van der Waals surface area contributed by atoms with Crippen LogP contribution in [0.15, 0.2) is 101 Å². The first-order valence-electron chi connectivity index (χ1n) is 13.3. The molecule has 0 bridgehead atoms. The maximum absolute atomic E-state index is 13.7. The molecule has 1 aromatic heterocycles. The summed E-state index contributed by atoms with van der Waals surface area (Å²) in [4.78, 5) is 42.5. The Hall–Kier alpha value is -5.16. The molecule has 1 heterocycles. The minimum atomic E-state index is -0.438. The Morgan fingerprint density at radius 2 is 1.70 bits per heavy atom. The van der Waals surface area contributed by atoms with Crippen LogP contribution in [0.3, 0.4) is 0 Å². The van der Waals surface area contributed by atoms with Gasteiger partial charge >= 0.3 is 0 Å². The van der Waals surface area contributed by atoms with Crippen LogP contribution in [0.5, 0.6) is 11.5 Å². The fourth-order valence-corrected chi connectivity index (χ4v) is 5.53. The molecule has 0 aliphatic heterocycles. The molecule has 1 N–H and O–H groups in total. The van der Waals surface area contributed by atoms with Crippen LogP contribution in [0.4, 0.5) is 11.4 Å². The van der Waals surface area contributed by atoms with Gasteiger partial charge in [0.15, 0.2) is 16.7 Å². The Bertz CT molecular complexity index is 1860. The molecule has 5 aromatic rings. The number of carbonyl (C=O) groups excluding carboxylic acids is 1. The predicted molar refractivity (Wildman–Crippen MR) is 166 cm³/mol. The van der Waals surface area contributed by atoms with Crippen molar-refractivity contribution in [3.05, 3.63) is 128 Å². The van der Waals surface area contributed by atoms with Crippen molar-refractivity contribution in [2.75, 3.05) is 19.5 Å². The third kappa shape index (κ3) is 6.84. The number of fused-ring (bicyclic) bond motifs is 1. The van der Waals surface area contributed by atoms with Gasteiger partial charge in [0, 0.05) is 41.7 Å². The number of carbonyl (C=O) groups is 1. The zero-order valence-corrected chi connectivity index (χ0v) is 24.3. The van der Waals surface area contributed by atoms with E-state index in [4.69, 9.17) is 14.5 Å². The molecule has 11 heteroatoms. The van der Waals surface area contributed by atoms with Gasteiger partial charge in [-0.2, -0.15) is 0 Å². The summed E-state index contributed by atoms with van der Waals surface area (Å²) in [6, 6.07) is 26.1. The summed E-state index contributed by atoms with van der Waals surface area (Å²) in [5.41, 5.74) is 2.79. The molecule has 0 saturated heterocycles. The average molecular weight is 597 g/mol. The summed E-state index contributed by atoms with van der Waals surface area (Å²) >= 11 is 1.31. The number of nitro groups is 1. The Balaban J connectivity index is 1.47. The van der Waals surface area contributed by atoms with E-state index in [9.17, 15) is 19.7 Å². The highest BCUT2D eigenvalue weighted by atomic mass is 32.2. The van der Waals surface area contributed by atoms with E-state index in [1.807, 2.05) is 30.3 Å². The molecule has 0 fully saturated rings. The van der Waals surface area contributed by atoms with Gasteiger partial charge in [0.1, 0.15) is 0 Å². The quantitative estimate of drug-likeness (QED) is 0.0838. The second-order valence-corrected chi connectivity index (χ2v) is 10.5. The lowest BCUT2D eigenvalue weighted by molar-refractivity contribution is -0.384. The van der Waals surface area contributed by atoms with Crippen LogP contribution in [0.2, 0.25) is 0 Å². The van der Waals surface area contributed by atoms with E-state index < -0.39 is 4.92 Å². The van der Waals surface area contributed by atoms with Crippen molar-refractivity contribution >= 4 is 39.9 Å². The van der Waals surface area contributed by atoms with E-state index in [0.717, 1.165) is 11.1 Å². The number of non-ortho nitro benzene ring substituents is 1. The van der Waals surface area contributed by atoms with Crippen molar-refractivity contribution in [1.29, 1.82) is 0 Å². The Labute approximate surface area is 251 Å². The highest BCUT2D eigenvalue weighted by molar-refractivity contribution is 7.98. The normalized spacial score (nSPS) is 10.8. The van der Waals surface area contributed by atoms with Crippen molar-refractivity contribution < 1.29 is 19.2 Å². The van der Waals surface area contributed by atoms with Gasteiger partial charge < -0.3 is 14.8 Å². The number of aromatic nitrogens is 2. The number of methoxy groups -OCH3 is 2. The molecule has 0 aliphatic rings. The standard InChI is InChI=1S/C32H28N4O6S/c1-41-28-14-12-24(19-29(28)42-2)33-30(37)23-11-13-26-27(18-23)34-32(43-20-22-9-6-10-25(17-22)36(39)40)35(31(26)38)16-15-21-7-4-3-5-8-21/h3-14,17-19H,15-16,20H2,1-2H3,(H,33,37). The monoisotopic (exact) mass is 596 g/mol. The SMILES string of the molecule is COc1ccc(NC(=O)c2ccc3c(=O)n(CCc4ccccc4)c(SCc4cccc([N+](=O)[O-])c4)nc3c2)cc1OC. The van der Waals surface area contributed by atoms with E-state index in [2.05, 4.69) is 5.32 Å². The number of amides is 1. The lowest BCUT2D eigenvalue weighted by Crippen LogP contribution is -2.24. The number of ether oxygens (including phenoxy) is 2. The van der Waals surface area contributed by atoms with Crippen LogP contribution in [-0.4, -0.2) is 34.6 Å². The average Bonchev–Trinajstić information content (AvgIpc) is 3.03. The van der Waals surface area contributed by atoms with Crippen LogP contribution >= 0.6 is 11.8 Å². The summed E-state index contributed by atoms with van der Waals surface area (Å²) in [6.07, 6.45) is 0.615. The first kappa shape index (κ1) is 29.3. The fourth-order valence-electron chi connectivity index (χ4n) is 4.56. The maximum Gasteiger partial charge on any atom is 0.269 e. The summed E-state index contributed by atoms with van der Waals surface area (Å²) in [6.45, 7) is 0.393. The van der Waals surface area contributed by atoms with Crippen molar-refractivity contribution in [2.45, 2.75) is 23.9 Å². The zero-order valence-electron chi connectivity index (χ0n) is 23.5. The Morgan fingerprint density at radius 1 is 0.930 bits per heavy atom. The molecular formula is C32H28N4O6S. The van der Waals surface area contributed by atoms with E-state index in [1.54, 1.807) is 53.1 Å². The number of nitrogens with zero attached hydrogens (tertiary/aromatic N) is 3. The molecule has 0 saturated carbocycles. The predicted octanol–water partition coefficient (Wildman–Crippen LogP) is 6.11. The maximum atomic E-state index is 13.7. The number of rotatable bonds is 11. The van der Waals surface area contributed by atoms with Gasteiger partial charge in [-0.15, -0.1) is 0 Å². The molecule has 10 nitrogen and oxygen atoms in total. The van der Waals surface area contributed by atoms with E-state index in [1.165, 1.54) is 38.1 Å². The van der Waals surface area contributed by atoms with Gasteiger partial charge in [-0.3, -0.25) is 24.3 Å². The summed E-state index contributed by atoms with van der Waals surface area (Å²) in [5, 5.41) is 14.9. The third-order valence-corrected chi connectivity index (χ3v) is 7.83. The van der Waals surface area contributed by atoms with Gasteiger partial charge in [0.2, 0.25) is 0 Å². The molecule has 0 spiro atoms. The van der Waals surface area contributed by atoms with Crippen LogP contribution in [0.25, 0.3) is 10.9 Å². The number of nitrogens with one attached hydrogen (secondary N) is 1. The first-order valence-corrected chi connectivity index (χ1v) is 14.3. The molecule has 43 heavy (non-hydrogen) atoms. The van der Waals surface area contributed by atoms with Crippen molar-refractivity contribution in [3.63, 3.8) is 0 Å². The van der Waals surface area contributed by atoms with Crippen molar-refractivity contribution in [3.8, 4) is 11.5 Å². The Kier molecular flexibility index (Phi) is 9.02. The van der Waals surface area contributed by atoms with Crippen LogP contribution in [0.1, 0.15) is 21.5 Å². The van der Waals surface area contributed by atoms with Gasteiger partial charge in [-0.05, 0) is 47.9 Å². The highest BCUT2D eigenvalue weighted by Gasteiger charge is 2.16. The smallest absolute Gasteiger partial charge is 0.269 e. The molecule has 218 valence electrons. The first-order chi connectivity index (χ1) is 20.9. The molecule has 4 aromatic carbocycles. The van der Waals surface area contributed by atoms with Crippen molar-refractivity contribution in [2.24, 2.45) is 0 Å². The van der Waals surface area contributed by atoms with E-state index in [-0.39, 0.29) is 17.2 Å². The number of nitro benzene ring substituents is 1. The van der Waals surface area contributed by atoms with Gasteiger partial charge in [0.25, 0.3) is 17.2 Å². The largest absolute Gasteiger partial charge is 0.493 e. The molecule has 0 radical (unpaired) electrons. The highest BCUT2D eigenvalue weighted by Crippen LogP contribution is 2.30. The summed E-state index contributed by atoms with van der Waals surface area (Å²) in [5.74, 6) is 0.996. The summed E-state index contributed by atoms with van der Waals surface area (Å²) < 4.78 is 12.2. The van der Waals surface area contributed by atoms with Crippen LogP contribution in [0, 0.1) is 10.1 Å². The van der Waals surface area contributed by atoms with Crippen LogP contribution < -0.4 is 20.3 Å². The molecule has 1 amide bonds. The van der Waals surface area contributed by atoms with Gasteiger partial charge in [-0.1, -0.05) is 54.2 Å². The zero-order chi connectivity index (χ0) is 30.3. The van der Waals surface area contributed by atoms with E-state index >= 15 is 0 Å². The number of aryl methyl sites for hydroxylation is 1. The van der Waals surface area contributed by atoms with Gasteiger partial charge in [0.05, 0.1) is 30.0 Å².